The molecule has 0 N–H and O–H groups in total. The molecule has 1 aliphatic carbocycles. The summed E-state index contributed by atoms with van der Waals surface area (Å²) in [6, 6.07) is 0. The molecule has 2 nitrogen and oxygen atoms in total. The molecule has 0 aromatic rings. The summed E-state index contributed by atoms with van der Waals surface area (Å²) in [6.45, 7) is 4.40. The van der Waals surface area contributed by atoms with Crippen LogP contribution >= 0.6 is 0 Å². The lowest BCUT2D eigenvalue weighted by Gasteiger charge is -2.20. The van der Waals surface area contributed by atoms with Crippen LogP contribution in [0.2, 0.25) is 0 Å². The number of hydrogen-bond acceptors (Lipinski definition) is 2. The molecule has 1 aliphatic rings. The molecular weight excluding hydrogens is 176 g/mol. The summed E-state index contributed by atoms with van der Waals surface area (Å²) in [6.07, 6.45) is 7.80. The Kier molecular flexibility index (Phi) is 4.71. The maximum absolute atomic E-state index is 11.6. The summed E-state index contributed by atoms with van der Waals surface area (Å²) < 4.78 is 5.07. The molecule has 0 bridgehead atoms. The van der Waals surface area contributed by atoms with E-state index in [4.69, 9.17) is 4.74 Å². The van der Waals surface area contributed by atoms with E-state index in [0.29, 0.717) is 6.61 Å². The molecule has 0 spiro atoms. The second-order valence-electron chi connectivity index (χ2n) is 3.74. The molecule has 0 heterocycles. The van der Waals surface area contributed by atoms with Gasteiger partial charge < -0.3 is 4.74 Å². The fourth-order valence-electron chi connectivity index (χ4n) is 2.00. The first-order valence-electron chi connectivity index (χ1n) is 5.65. The van der Waals surface area contributed by atoms with Crippen LogP contribution in [0.25, 0.3) is 0 Å². The molecular formula is C12H20O2. The Morgan fingerprint density at radius 2 is 2.29 bits per heavy atom. The lowest BCUT2D eigenvalue weighted by Crippen LogP contribution is -2.20. The third-order valence-corrected chi connectivity index (χ3v) is 2.75. The van der Waals surface area contributed by atoms with E-state index in [0.717, 1.165) is 19.3 Å². The van der Waals surface area contributed by atoms with Crippen LogP contribution in [-0.4, -0.2) is 12.6 Å². The van der Waals surface area contributed by atoms with Gasteiger partial charge in [-0.05, 0) is 39.0 Å². The molecule has 0 saturated carbocycles. The van der Waals surface area contributed by atoms with Gasteiger partial charge in [0.1, 0.15) is 0 Å². The third-order valence-electron chi connectivity index (χ3n) is 2.75. The van der Waals surface area contributed by atoms with Gasteiger partial charge in [-0.3, -0.25) is 4.79 Å². The van der Waals surface area contributed by atoms with Crippen molar-refractivity contribution in [2.75, 3.05) is 6.61 Å². The monoisotopic (exact) mass is 196 g/mol. The molecule has 0 amide bonds. The minimum absolute atomic E-state index is 0.0234. The summed E-state index contributed by atoms with van der Waals surface area (Å²) >= 11 is 0. The van der Waals surface area contributed by atoms with Gasteiger partial charge >= 0.3 is 5.97 Å². The van der Waals surface area contributed by atoms with Crippen molar-refractivity contribution in [1.29, 1.82) is 0 Å². The van der Waals surface area contributed by atoms with Crippen molar-refractivity contribution in [2.24, 2.45) is 5.92 Å². The average molecular weight is 196 g/mol. The van der Waals surface area contributed by atoms with Crippen LogP contribution in [0.15, 0.2) is 11.6 Å². The fourth-order valence-corrected chi connectivity index (χ4v) is 2.00. The van der Waals surface area contributed by atoms with Gasteiger partial charge in [0.15, 0.2) is 0 Å². The maximum atomic E-state index is 11.6. The van der Waals surface area contributed by atoms with Gasteiger partial charge in [0.05, 0.1) is 12.5 Å². The summed E-state index contributed by atoms with van der Waals surface area (Å²) in [5.74, 6) is -0.0154. The molecule has 0 radical (unpaired) electrons. The second-order valence-corrected chi connectivity index (χ2v) is 3.74. The van der Waals surface area contributed by atoms with Gasteiger partial charge in [0, 0.05) is 0 Å². The predicted molar refractivity (Wildman–Crippen MR) is 57.0 cm³/mol. The highest BCUT2D eigenvalue weighted by Crippen LogP contribution is 2.27. The minimum atomic E-state index is -0.0387. The maximum Gasteiger partial charge on any atom is 0.313 e. The van der Waals surface area contributed by atoms with Crippen molar-refractivity contribution in [3.05, 3.63) is 11.6 Å². The molecule has 1 rings (SSSR count). The highest BCUT2D eigenvalue weighted by molar-refractivity contribution is 5.75. The molecule has 2 heteroatoms. The van der Waals surface area contributed by atoms with E-state index >= 15 is 0 Å². The van der Waals surface area contributed by atoms with Crippen molar-refractivity contribution >= 4 is 5.97 Å². The number of carbonyl (C=O) groups excluding carboxylic acids is 1. The first-order chi connectivity index (χ1) is 6.79. The highest BCUT2D eigenvalue weighted by atomic mass is 16.5. The minimum Gasteiger partial charge on any atom is -0.466 e. The van der Waals surface area contributed by atoms with Crippen LogP contribution in [0.1, 0.15) is 46.0 Å². The number of esters is 1. The summed E-state index contributed by atoms with van der Waals surface area (Å²) in [5, 5.41) is 0. The van der Waals surface area contributed by atoms with E-state index in [2.05, 4.69) is 13.0 Å². The van der Waals surface area contributed by atoms with E-state index < -0.39 is 0 Å². The first kappa shape index (κ1) is 11.3. The molecule has 80 valence electrons. The van der Waals surface area contributed by atoms with E-state index in [1.54, 1.807) is 0 Å². The van der Waals surface area contributed by atoms with Crippen LogP contribution in [0.4, 0.5) is 0 Å². The van der Waals surface area contributed by atoms with E-state index in [1.165, 1.54) is 18.4 Å². The second kappa shape index (κ2) is 5.84. The smallest absolute Gasteiger partial charge is 0.313 e. The Hall–Kier alpha value is -0.790. The molecule has 0 unspecified atom stereocenters. The van der Waals surface area contributed by atoms with Gasteiger partial charge in [-0.15, -0.1) is 0 Å². The molecule has 0 saturated heterocycles. The largest absolute Gasteiger partial charge is 0.466 e. The fraction of sp³-hybridized carbons (Fsp3) is 0.750. The highest BCUT2D eigenvalue weighted by Gasteiger charge is 2.22. The van der Waals surface area contributed by atoms with Crippen LogP contribution in [0, 0.1) is 5.92 Å². The van der Waals surface area contributed by atoms with E-state index in [9.17, 15) is 4.79 Å². The SMILES string of the molecule is CCOC(=O)[C@@H](CC)C1=CCCCC1. The average Bonchev–Trinajstić information content (AvgIpc) is 2.21. The Labute approximate surface area is 86.3 Å². The Morgan fingerprint density at radius 3 is 2.79 bits per heavy atom. The Bertz CT molecular complexity index is 218. The standard InChI is InChI=1S/C12H20O2/c1-3-11(12(13)14-4-2)10-8-6-5-7-9-10/h8,11H,3-7,9H2,1-2H3/t11-/m0/s1. The molecule has 1 atom stereocenters. The van der Waals surface area contributed by atoms with Crippen LogP contribution < -0.4 is 0 Å². The Balaban J connectivity index is 2.60. The summed E-state index contributed by atoms with van der Waals surface area (Å²) in [4.78, 5) is 11.6. The topological polar surface area (TPSA) is 26.3 Å². The van der Waals surface area contributed by atoms with Gasteiger partial charge in [-0.2, -0.15) is 0 Å². The van der Waals surface area contributed by atoms with E-state index in [-0.39, 0.29) is 11.9 Å². The van der Waals surface area contributed by atoms with Crippen molar-refractivity contribution in [1.82, 2.24) is 0 Å². The number of rotatable bonds is 4. The lowest BCUT2D eigenvalue weighted by molar-refractivity contribution is -0.146. The molecule has 0 fully saturated rings. The number of allylic oxidation sites excluding steroid dienone is 1. The lowest BCUT2D eigenvalue weighted by atomic mass is 9.87. The van der Waals surface area contributed by atoms with E-state index in [1.807, 2.05) is 6.92 Å². The van der Waals surface area contributed by atoms with Gasteiger partial charge in [0.2, 0.25) is 0 Å². The Morgan fingerprint density at radius 1 is 1.50 bits per heavy atom. The summed E-state index contributed by atoms with van der Waals surface area (Å²) in [5.41, 5.74) is 1.30. The third kappa shape index (κ3) is 2.86. The predicted octanol–water partition coefficient (Wildman–Crippen LogP) is 3.08. The van der Waals surface area contributed by atoms with Gasteiger partial charge in [0.25, 0.3) is 0 Å². The van der Waals surface area contributed by atoms with Crippen LogP contribution in [0.5, 0.6) is 0 Å². The zero-order valence-corrected chi connectivity index (χ0v) is 9.21. The number of ether oxygens (including phenoxy) is 1. The quantitative estimate of drug-likeness (QED) is 0.510. The first-order valence-corrected chi connectivity index (χ1v) is 5.65. The van der Waals surface area contributed by atoms with Crippen molar-refractivity contribution < 1.29 is 9.53 Å². The van der Waals surface area contributed by atoms with Crippen molar-refractivity contribution in [2.45, 2.75) is 46.0 Å². The summed E-state index contributed by atoms with van der Waals surface area (Å²) in [7, 11) is 0. The zero-order chi connectivity index (χ0) is 10.4. The molecule has 0 aromatic carbocycles. The molecule has 0 aliphatic heterocycles. The van der Waals surface area contributed by atoms with Crippen LogP contribution in [0.3, 0.4) is 0 Å². The van der Waals surface area contributed by atoms with Gasteiger partial charge in [-0.1, -0.05) is 18.6 Å². The zero-order valence-electron chi connectivity index (χ0n) is 9.21. The van der Waals surface area contributed by atoms with Crippen LogP contribution in [-0.2, 0) is 9.53 Å². The van der Waals surface area contributed by atoms with Crippen molar-refractivity contribution in [3.8, 4) is 0 Å². The molecule has 0 aromatic heterocycles. The number of hydrogen-bond donors (Lipinski definition) is 0. The number of carbonyl (C=O) groups is 1. The molecule has 14 heavy (non-hydrogen) atoms. The van der Waals surface area contributed by atoms with Crippen molar-refractivity contribution in [3.63, 3.8) is 0 Å². The van der Waals surface area contributed by atoms with Gasteiger partial charge in [-0.25, -0.2) is 0 Å². The normalized spacial score (nSPS) is 18.6.